The van der Waals surface area contributed by atoms with Crippen molar-refractivity contribution >= 4 is 5.91 Å². The van der Waals surface area contributed by atoms with Crippen molar-refractivity contribution in [1.82, 2.24) is 4.90 Å². The minimum Gasteiger partial charge on any atom is -0.454 e. The molecule has 1 aliphatic heterocycles. The van der Waals surface area contributed by atoms with Gasteiger partial charge in [0.2, 0.25) is 12.7 Å². The van der Waals surface area contributed by atoms with Crippen LogP contribution in [0.1, 0.15) is 5.56 Å². The maximum absolute atomic E-state index is 11.4. The van der Waals surface area contributed by atoms with Gasteiger partial charge in [0.15, 0.2) is 11.5 Å². The van der Waals surface area contributed by atoms with E-state index < -0.39 is 0 Å². The Morgan fingerprint density at radius 2 is 2.24 bits per heavy atom. The highest BCUT2D eigenvalue weighted by atomic mass is 16.7. The van der Waals surface area contributed by atoms with Gasteiger partial charge in [-0.2, -0.15) is 0 Å². The fraction of sp³-hybridized carbons (Fsp3) is 0.417. The number of benzene rings is 1. The lowest BCUT2D eigenvalue weighted by molar-refractivity contribution is -0.122. The molecule has 1 aromatic carbocycles. The van der Waals surface area contributed by atoms with E-state index in [1.54, 1.807) is 4.90 Å². The lowest BCUT2D eigenvalue weighted by Crippen LogP contribution is -2.42. The summed E-state index contributed by atoms with van der Waals surface area (Å²) < 4.78 is 10.7. The van der Waals surface area contributed by atoms with Crippen molar-refractivity contribution in [3.63, 3.8) is 0 Å². The minimum absolute atomic E-state index is 0.232. The van der Waals surface area contributed by atoms with Crippen molar-refractivity contribution in [3.8, 4) is 11.5 Å². The van der Waals surface area contributed by atoms with Crippen LogP contribution in [-0.2, 0) is 11.2 Å². The summed E-state index contributed by atoms with van der Waals surface area (Å²) in [6.45, 7) is 0.232. The van der Waals surface area contributed by atoms with Gasteiger partial charge >= 0.3 is 0 Å². The molecule has 1 aliphatic rings. The number of para-hydroxylation sites is 1. The van der Waals surface area contributed by atoms with Gasteiger partial charge in [-0.1, -0.05) is 12.1 Å². The summed E-state index contributed by atoms with van der Waals surface area (Å²) in [5, 5.41) is 0. The first-order valence-electron chi connectivity index (χ1n) is 5.43. The highest BCUT2D eigenvalue weighted by molar-refractivity contribution is 5.80. The highest BCUT2D eigenvalue weighted by Gasteiger charge is 2.23. The Hall–Kier alpha value is -1.75. The highest BCUT2D eigenvalue weighted by Crippen LogP contribution is 2.36. The predicted molar refractivity (Wildman–Crippen MR) is 62.9 cm³/mol. The normalized spacial score (nSPS) is 15.0. The molecule has 0 fully saturated rings. The van der Waals surface area contributed by atoms with E-state index in [0.29, 0.717) is 6.42 Å². The number of fused-ring (bicyclic) bond motifs is 1. The van der Waals surface area contributed by atoms with Crippen molar-refractivity contribution < 1.29 is 14.3 Å². The van der Waals surface area contributed by atoms with Crippen LogP contribution >= 0.6 is 0 Å². The van der Waals surface area contributed by atoms with E-state index in [0.717, 1.165) is 17.1 Å². The summed E-state index contributed by atoms with van der Waals surface area (Å²) in [5.41, 5.74) is 6.32. The van der Waals surface area contributed by atoms with Crippen LogP contribution in [0.3, 0.4) is 0 Å². The molecule has 5 heteroatoms. The Balaban J connectivity index is 2.24. The van der Waals surface area contributed by atoms with E-state index in [2.05, 4.69) is 0 Å². The zero-order chi connectivity index (χ0) is 12.4. The molecule has 0 spiro atoms. The Morgan fingerprint density at radius 1 is 1.47 bits per heavy atom. The van der Waals surface area contributed by atoms with Gasteiger partial charge in [-0.25, -0.2) is 0 Å². The first-order valence-corrected chi connectivity index (χ1v) is 5.43. The van der Waals surface area contributed by atoms with Crippen molar-refractivity contribution in [1.29, 1.82) is 0 Å². The zero-order valence-corrected chi connectivity index (χ0v) is 9.97. The number of likely N-dealkylation sites (N-methyl/N-ethyl adjacent to an activating group) is 1. The Labute approximate surface area is 100 Å². The van der Waals surface area contributed by atoms with Gasteiger partial charge in [0.25, 0.3) is 0 Å². The zero-order valence-electron chi connectivity index (χ0n) is 9.97. The lowest BCUT2D eigenvalue weighted by Gasteiger charge is -2.21. The van der Waals surface area contributed by atoms with Crippen molar-refractivity contribution in [3.05, 3.63) is 23.8 Å². The molecule has 0 saturated carbocycles. The minimum atomic E-state index is -0.342. The number of nitrogens with two attached hydrogens (primary N) is 1. The van der Waals surface area contributed by atoms with Gasteiger partial charge in [-0.3, -0.25) is 9.69 Å². The summed E-state index contributed by atoms with van der Waals surface area (Å²) >= 11 is 0. The third-order valence-corrected chi connectivity index (χ3v) is 2.84. The maximum atomic E-state index is 11.4. The van der Waals surface area contributed by atoms with Crippen LogP contribution in [0.4, 0.5) is 0 Å². The maximum Gasteiger partial charge on any atom is 0.235 e. The first kappa shape index (κ1) is 11.7. The number of primary amides is 1. The second-order valence-electron chi connectivity index (χ2n) is 4.24. The molecule has 1 heterocycles. The van der Waals surface area contributed by atoms with E-state index >= 15 is 0 Å². The van der Waals surface area contributed by atoms with Crippen LogP contribution in [0, 0.1) is 0 Å². The van der Waals surface area contributed by atoms with E-state index in [4.69, 9.17) is 15.2 Å². The summed E-state index contributed by atoms with van der Waals surface area (Å²) in [5.74, 6) is 1.11. The molecule has 17 heavy (non-hydrogen) atoms. The quantitative estimate of drug-likeness (QED) is 0.820. The molecular weight excluding hydrogens is 220 g/mol. The van der Waals surface area contributed by atoms with E-state index in [-0.39, 0.29) is 18.7 Å². The fourth-order valence-corrected chi connectivity index (χ4v) is 1.90. The summed E-state index contributed by atoms with van der Waals surface area (Å²) in [4.78, 5) is 13.2. The number of amides is 1. The number of hydrogen-bond acceptors (Lipinski definition) is 4. The molecule has 5 nitrogen and oxygen atoms in total. The van der Waals surface area contributed by atoms with Gasteiger partial charge in [0.1, 0.15) is 0 Å². The number of rotatable bonds is 4. The molecule has 0 aromatic heterocycles. The number of nitrogens with zero attached hydrogens (tertiary/aromatic N) is 1. The number of hydrogen-bond donors (Lipinski definition) is 1. The summed E-state index contributed by atoms with van der Waals surface area (Å²) in [6, 6.07) is 5.32. The van der Waals surface area contributed by atoms with Crippen LogP contribution < -0.4 is 15.2 Å². The summed E-state index contributed by atoms with van der Waals surface area (Å²) in [7, 11) is 3.66. The van der Waals surface area contributed by atoms with Gasteiger partial charge < -0.3 is 15.2 Å². The number of carbonyl (C=O) groups excluding carboxylic acids is 1. The average molecular weight is 236 g/mol. The molecule has 2 N–H and O–H groups in total. The average Bonchev–Trinajstić information content (AvgIpc) is 2.73. The molecule has 1 aromatic rings. The predicted octanol–water partition coefficient (Wildman–Crippen LogP) is 0.373. The molecule has 1 atom stereocenters. The third kappa shape index (κ3) is 2.34. The van der Waals surface area contributed by atoms with Gasteiger partial charge in [-0.05, 0) is 20.2 Å². The molecular formula is C12H16N2O3. The van der Waals surface area contributed by atoms with E-state index in [1.807, 2.05) is 32.3 Å². The van der Waals surface area contributed by atoms with Crippen LogP contribution in [0.2, 0.25) is 0 Å². The van der Waals surface area contributed by atoms with Crippen molar-refractivity contribution in [2.45, 2.75) is 12.5 Å². The van der Waals surface area contributed by atoms with Crippen LogP contribution in [0.25, 0.3) is 0 Å². The monoisotopic (exact) mass is 236 g/mol. The molecule has 92 valence electrons. The second kappa shape index (κ2) is 4.63. The Bertz CT molecular complexity index is 432. The van der Waals surface area contributed by atoms with Crippen molar-refractivity contribution in [2.75, 3.05) is 20.9 Å². The van der Waals surface area contributed by atoms with E-state index in [1.165, 1.54) is 0 Å². The van der Waals surface area contributed by atoms with Gasteiger partial charge in [0.05, 0.1) is 6.04 Å². The molecule has 0 radical (unpaired) electrons. The number of ether oxygens (including phenoxy) is 2. The van der Waals surface area contributed by atoms with Gasteiger partial charge in [-0.15, -0.1) is 0 Å². The molecule has 1 amide bonds. The molecule has 0 unspecified atom stereocenters. The smallest absolute Gasteiger partial charge is 0.235 e. The number of carbonyl (C=O) groups is 1. The SMILES string of the molecule is CN(C)[C@@H](Cc1cccc2c1OCO2)C(N)=O. The largest absolute Gasteiger partial charge is 0.454 e. The lowest BCUT2D eigenvalue weighted by atomic mass is 10.0. The topological polar surface area (TPSA) is 64.8 Å². The Kier molecular flexibility index (Phi) is 3.19. The van der Waals surface area contributed by atoms with Crippen molar-refractivity contribution in [2.24, 2.45) is 5.73 Å². The van der Waals surface area contributed by atoms with Crippen LogP contribution in [-0.4, -0.2) is 37.7 Å². The molecule has 0 aliphatic carbocycles. The van der Waals surface area contributed by atoms with Crippen LogP contribution in [0.5, 0.6) is 11.5 Å². The molecule has 0 bridgehead atoms. The molecule has 0 saturated heterocycles. The second-order valence-corrected chi connectivity index (χ2v) is 4.24. The first-order chi connectivity index (χ1) is 8.09. The summed E-state index contributed by atoms with van der Waals surface area (Å²) in [6.07, 6.45) is 0.523. The van der Waals surface area contributed by atoms with E-state index in [9.17, 15) is 4.79 Å². The Morgan fingerprint density at radius 3 is 2.88 bits per heavy atom. The standard InChI is InChI=1S/C12H16N2O3/c1-14(2)9(12(13)15)6-8-4-3-5-10-11(8)17-7-16-10/h3-5,9H,6-7H2,1-2H3,(H2,13,15)/t9-/m0/s1. The van der Waals surface area contributed by atoms with Crippen LogP contribution in [0.15, 0.2) is 18.2 Å². The van der Waals surface area contributed by atoms with Gasteiger partial charge in [0, 0.05) is 12.0 Å². The fourth-order valence-electron chi connectivity index (χ4n) is 1.90. The molecule has 2 rings (SSSR count). The third-order valence-electron chi connectivity index (χ3n) is 2.84.